The summed E-state index contributed by atoms with van der Waals surface area (Å²) in [7, 11) is -3.06. The summed E-state index contributed by atoms with van der Waals surface area (Å²) in [6.45, 7) is 2.11. The third-order valence-corrected chi connectivity index (χ3v) is 5.92. The molecule has 2 unspecified atom stereocenters. The standard InChI is InChI=1S/C15H25NO3S/c1-2-14(13-6-4-3-5-7-13)16-15(17)10-12-8-9-20(18,19)11-12/h8-9,12-14H,2-7,10-11H2,1H3,(H,16,17). The second-order valence-corrected chi connectivity index (χ2v) is 8.03. The maximum Gasteiger partial charge on any atom is 0.220 e. The van der Waals surface area contributed by atoms with Gasteiger partial charge in [0.2, 0.25) is 5.91 Å². The number of hydrogen-bond acceptors (Lipinski definition) is 3. The molecule has 1 amide bonds. The minimum Gasteiger partial charge on any atom is -0.353 e. The van der Waals surface area contributed by atoms with Crippen molar-refractivity contribution in [1.82, 2.24) is 5.32 Å². The average Bonchev–Trinajstić information content (AvgIpc) is 2.76. The van der Waals surface area contributed by atoms with Crippen LogP contribution in [0.2, 0.25) is 0 Å². The van der Waals surface area contributed by atoms with Gasteiger partial charge in [0.25, 0.3) is 0 Å². The lowest BCUT2D eigenvalue weighted by Gasteiger charge is -2.30. The Morgan fingerprint density at radius 2 is 2.00 bits per heavy atom. The van der Waals surface area contributed by atoms with E-state index >= 15 is 0 Å². The van der Waals surface area contributed by atoms with Crippen molar-refractivity contribution in [3.63, 3.8) is 0 Å². The van der Waals surface area contributed by atoms with E-state index in [2.05, 4.69) is 12.2 Å². The fraction of sp³-hybridized carbons (Fsp3) is 0.800. The van der Waals surface area contributed by atoms with Crippen LogP contribution in [-0.2, 0) is 14.6 Å². The van der Waals surface area contributed by atoms with Gasteiger partial charge in [-0.2, -0.15) is 0 Å². The normalized spacial score (nSPS) is 27.4. The van der Waals surface area contributed by atoms with Crippen molar-refractivity contribution in [1.29, 1.82) is 0 Å². The van der Waals surface area contributed by atoms with E-state index in [0.717, 1.165) is 6.42 Å². The first-order valence-corrected chi connectivity index (χ1v) is 9.42. The van der Waals surface area contributed by atoms with E-state index in [1.807, 2.05) is 0 Å². The molecule has 0 aromatic carbocycles. The van der Waals surface area contributed by atoms with Gasteiger partial charge in [-0.25, -0.2) is 8.42 Å². The van der Waals surface area contributed by atoms with Crippen LogP contribution >= 0.6 is 0 Å². The van der Waals surface area contributed by atoms with E-state index in [-0.39, 0.29) is 23.6 Å². The molecule has 0 aromatic heterocycles. The fourth-order valence-electron chi connectivity index (χ4n) is 3.36. The maximum absolute atomic E-state index is 12.1. The number of allylic oxidation sites excluding steroid dienone is 1. The highest BCUT2D eigenvalue weighted by Crippen LogP contribution is 2.28. The van der Waals surface area contributed by atoms with Gasteiger partial charge < -0.3 is 5.32 Å². The Hall–Kier alpha value is -0.840. The Balaban J connectivity index is 1.82. The Bertz CT molecular complexity index is 464. The highest BCUT2D eigenvalue weighted by atomic mass is 32.2. The van der Waals surface area contributed by atoms with E-state index in [0.29, 0.717) is 12.3 Å². The zero-order chi connectivity index (χ0) is 14.6. The van der Waals surface area contributed by atoms with Gasteiger partial charge in [0.1, 0.15) is 0 Å². The summed E-state index contributed by atoms with van der Waals surface area (Å²) in [5.74, 6) is 0.527. The second kappa shape index (κ2) is 6.74. The Morgan fingerprint density at radius 1 is 1.30 bits per heavy atom. The van der Waals surface area contributed by atoms with Crippen molar-refractivity contribution < 1.29 is 13.2 Å². The van der Waals surface area contributed by atoms with Crippen LogP contribution in [0.25, 0.3) is 0 Å². The van der Waals surface area contributed by atoms with Gasteiger partial charge in [-0.15, -0.1) is 0 Å². The van der Waals surface area contributed by atoms with Crippen LogP contribution in [0.5, 0.6) is 0 Å². The molecule has 114 valence electrons. The Morgan fingerprint density at radius 3 is 2.55 bits per heavy atom. The number of carbonyl (C=O) groups is 1. The number of hydrogen-bond donors (Lipinski definition) is 1. The minimum absolute atomic E-state index is 0.00539. The predicted molar refractivity (Wildman–Crippen MR) is 79.8 cm³/mol. The van der Waals surface area contributed by atoms with Gasteiger partial charge in [-0.3, -0.25) is 4.79 Å². The minimum atomic E-state index is -3.06. The topological polar surface area (TPSA) is 63.2 Å². The molecule has 2 atom stereocenters. The van der Waals surface area contributed by atoms with Gasteiger partial charge in [-0.1, -0.05) is 32.3 Å². The number of sulfone groups is 1. The van der Waals surface area contributed by atoms with Crippen molar-refractivity contribution in [2.75, 3.05) is 5.75 Å². The van der Waals surface area contributed by atoms with Crippen molar-refractivity contribution in [2.45, 2.75) is 57.9 Å². The lowest BCUT2D eigenvalue weighted by molar-refractivity contribution is -0.122. The molecule has 0 radical (unpaired) electrons. The number of nitrogens with one attached hydrogen (secondary N) is 1. The van der Waals surface area contributed by atoms with Gasteiger partial charge in [-0.05, 0) is 25.2 Å². The number of amides is 1. The molecule has 20 heavy (non-hydrogen) atoms. The van der Waals surface area contributed by atoms with Crippen molar-refractivity contribution in [3.05, 3.63) is 11.5 Å². The number of carbonyl (C=O) groups excluding carboxylic acids is 1. The van der Waals surface area contributed by atoms with E-state index < -0.39 is 9.84 Å². The fourth-order valence-corrected chi connectivity index (χ4v) is 4.76. The average molecular weight is 299 g/mol. The molecule has 1 heterocycles. The molecule has 0 saturated heterocycles. The summed E-state index contributed by atoms with van der Waals surface area (Å²) in [5, 5.41) is 4.36. The molecule has 1 aliphatic heterocycles. The highest BCUT2D eigenvalue weighted by molar-refractivity contribution is 7.94. The second-order valence-electron chi connectivity index (χ2n) is 6.10. The van der Waals surface area contributed by atoms with Gasteiger partial charge in [0, 0.05) is 23.8 Å². The molecule has 1 aliphatic carbocycles. The highest BCUT2D eigenvalue weighted by Gasteiger charge is 2.27. The smallest absolute Gasteiger partial charge is 0.220 e. The third kappa shape index (κ3) is 4.33. The van der Waals surface area contributed by atoms with Crippen LogP contribution < -0.4 is 5.32 Å². The first kappa shape index (κ1) is 15.5. The maximum atomic E-state index is 12.1. The first-order chi connectivity index (χ1) is 9.50. The first-order valence-electron chi connectivity index (χ1n) is 7.70. The summed E-state index contributed by atoms with van der Waals surface area (Å²) in [5.41, 5.74) is 0. The molecule has 0 bridgehead atoms. The van der Waals surface area contributed by atoms with E-state index in [1.54, 1.807) is 6.08 Å². The van der Waals surface area contributed by atoms with Gasteiger partial charge in [0.15, 0.2) is 9.84 Å². The SMILES string of the molecule is CCC(NC(=O)CC1C=CS(=O)(=O)C1)C1CCCCC1. The molecular weight excluding hydrogens is 274 g/mol. The van der Waals surface area contributed by atoms with E-state index in [9.17, 15) is 13.2 Å². The van der Waals surface area contributed by atoms with Crippen LogP contribution in [0.4, 0.5) is 0 Å². The summed E-state index contributed by atoms with van der Waals surface area (Å²) in [6, 6.07) is 0.254. The van der Waals surface area contributed by atoms with E-state index in [1.165, 1.54) is 37.5 Å². The van der Waals surface area contributed by atoms with Crippen LogP contribution in [-0.4, -0.2) is 26.1 Å². The quantitative estimate of drug-likeness (QED) is 0.848. The molecule has 0 spiro atoms. The Labute approximate surface area is 121 Å². The molecule has 2 aliphatic rings. The summed E-state index contributed by atoms with van der Waals surface area (Å²) in [6.07, 6.45) is 9.14. The lowest BCUT2D eigenvalue weighted by atomic mass is 9.83. The molecule has 5 heteroatoms. The molecule has 1 fully saturated rings. The molecule has 1 saturated carbocycles. The summed E-state index contributed by atoms with van der Waals surface area (Å²) in [4.78, 5) is 12.1. The molecular formula is C15H25NO3S. The molecule has 2 rings (SSSR count). The molecule has 0 aromatic rings. The lowest BCUT2D eigenvalue weighted by Crippen LogP contribution is -2.41. The van der Waals surface area contributed by atoms with Crippen LogP contribution in [0, 0.1) is 11.8 Å². The third-order valence-electron chi connectivity index (χ3n) is 4.46. The molecule has 4 nitrogen and oxygen atoms in total. The van der Waals surface area contributed by atoms with Crippen molar-refractivity contribution in [3.8, 4) is 0 Å². The molecule has 1 N–H and O–H groups in total. The largest absolute Gasteiger partial charge is 0.353 e. The monoisotopic (exact) mass is 299 g/mol. The Kier molecular flexibility index (Phi) is 5.24. The summed E-state index contributed by atoms with van der Waals surface area (Å²) >= 11 is 0. The predicted octanol–water partition coefficient (Wildman–Crippen LogP) is 2.41. The van der Waals surface area contributed by atoms with Crippen LogP contribution in [0.1, 0.15) is 51.9 Å². The van der Waals surface area contributed by atoms with Gasteiger partial charge in [0.05, 0.1) is 5.75 Å². The zero-order valence-electron chi connectivity index (χ0n) is 12.2. The van der Waals surface area contributed by atoms with Crippen LogP contribution in [0.15, 0.2) is 11.5 Å². The van der Waals surface area contributed by atoms with E-state index in [4.69, 9.17) is 0 Å². The van der Waals surface area contributed by atoms with Crippen LogP contribution in [0.3, 0.4) is 0 Å². The zero-order valence-corrected chi connectivity index (χ0v) is 13.0. The van der Waals surface area contributed by atoms with Crippen molar-refractivity contribution >= 4 is 15.7 Å². The summed E-state index contributed by atoms with van der Waals surface area (Å²) < 4.78 is 22.7. The van der Waals surface area contributed by atoms with Crippen molar-refractivity contribution in [2.24, 2.45) is 11.8 Å². The van der Waals surface area contributed by atoms with Gasteiger partial charge >= 0.3 is 0 Å². The number of rotatable bonds is 5.